The van der Waals surface area contributed by atoms with E-state index in [4.69, 9.17) is 0 Å². The molecule has 0 bridgehead atoms. The van der Waals surface area contributed by atoms with Gasteiger partial charge in [0.1, 0.15) is 0 Å². The minimum Gasteiger partial charge on any atom is -0.0683 e. The van der Waals surface area contributed by atoms with Crippen molar-refractivity contribution in [2.45, 2.75) is 81.1 Å². The Kier molecular flexibility index (Phi) is 13.2. The maximum absolute atomic E-state index is 2.38. The number of hydrogen-bond donors (Lipinski definition) is 0. The molecule has 0 heterocycles. The molecule has 0 radical (unpaired) electrons. The molecule has 0 heteroatoms. The molecule has 0 nitrogen and oxygen atoms in total. The van der Waals surface area contributed by atoms with Gasteiger partial charge in [-0.25, -0.2) is 0 Å². The molecule has 2 atom stereocenters. The normalized spacial score (nSPS) is 24.4. The highest BCUT2D eigenvalue weighted by Crippen LogP contribution is 2.36. The molecule has 1 fully saturated rings. The molecule has 1 saturated carbocycles. The van der Waals surface area contributed by atoms with E-state index in [0.29, 0.717) is 0 Å². The fourth-order valence-corrected chi connectivity index (χ4v) is 2.48. The van der Waals surface area contributed by atoms with E-state index in [-0.39, 0.29) is 0 Å². The van der Waals surface area contributed by atoms with E-state index < -0.39 is 0 Å². The van der Waals surface area contributed by atoms with Gasteiger partial charge in [0.15, 0.2) is 0 Å². The van der Waals surface area contributed by atoms with Crippen molar-refractivity contribution in [1.82, 2.24) is 0 Å². The number of hydrogen-bond acceptors (Lipinski definition) is 0. The Morgan fingerprint density at radius 3 is 1.25 bits per heavy atom. The van der Waals surface area contributed by atoms with Crippen LogP contribution in [0.15, 0.2) is 0 Å². The summed E-state index contributed by atoms with van der Waals surface area (Å²) in [6.45, 7) is 17.5. The molecule has 0 N–H and O–H groups in total. The van der Waals surface area contributed by atoms with Crippen molar-refractivity contribution in [3.05, 3.63) is 0 Å². The Balaban J connectivity index is 0. The van der Waals surface area contributed by atoms with Crippen molar-refractivity contribution in [3.8, 4) is 0 Å². The van der Waals surface area contributed by atoms with Gasteiger partial charge in [0.05, 0.1) is 0 Å². The fraction of sp³-hybridized carbons (Fsp3) is 1.00. The Bertz CT molecular complexity index is 110. The molecule has 0 aromatic carbocycles. The van der Waals surface area contributed by atoms with Gasteiger partial charge in [0.25, 0.3) is 0 Å². The van der Waals surface area contributed by atoms with Gasteiger partial charge in [0, 0.05) is 0 Å². The summed E-state index contributed by atoms with van der Waals surface area (Å²) in [6, 6.07) is 0. The van der Waals surface area contributed by atoms with Crippen molar-refractivity contribution in [2.24, 2.45) is 23.7 Å². The van der Waals surface area contributed by atoms with Gasteiger partial charge in [-0.3, -0.25) is 0 Å². The van der Waals surface area contributed by atoms with Gasteiger partial charge >= 0.3 is 0 Å². The lowest BCUT2D eigenvalue weighted by molar-refractivity contribution is 0.177. The average Bonchev–Trinajstić information content (AvgIpc) is 2.34. The van der Waals surface area contributed by atoms with E-state index >= 15 is 0 Å². The van der Waals surface area contributed by atoms with Crippen molar-refractivity contribution < 1.29 is 0 Å². The first-order valence-electron chi connectivity index (χ1n) is 7.61. The van der Waals surface area contributed by atoms with E-state index in [1.807, 2.05) is 27.7 Å². The third kappa shape index (κ3) is 7.30. The van der Waals surface area contributed by atoms with E-state index in [9.17, 15) is 0 Å². The van der Waals surface area contributed by atoms with Gasteiger partial charge in [0.2, 0.25) is 0 Å². The lowest BCUT2D eigenvalue weighted by Gasteiger charge is -2.33. The molecule has 0 amide bonds. The maximum atomic E-state index is 2.38. The Morgan fingerprint density at radius 2 is 1.00 bits per heavy atom. The summed E-state index contributed by atoms with van der Waals surface area (Å²) in [7, 11) is 0. The van der Waals surface area contributed by atoms with Gasteiger partial charge in [-0.1, -0.05) is 74.7 Å². The first-order chi connectivity index (χ1) is 7.61. The van der Waals surface area contributed by atoms with Crippen LogP contribution in [0.5, 0.6) is 0 Å². The molecule has 0 spiro atoms. The van der Waals surface area contributed by atoms with Crippen molar-refractivity contribution in [1.29, 1.82) is 0 Å². The molecule has 1 aliphatic carbocycles. The summed E-state index contributed by atoms with van der Waals surface area (Å²) < 4.78 is 0. The van der Waals surface area contributed by atoms with Crippen LogP contribution in [0.4, 0.5) is 0 Å². The minimum absolute atomic E-state index is 0.909. The highest BCUT2D eigenvalue weighted by molar-refractivity contribution is 4.76. The molecule has 100 valence electrons. The molecule has 0 aromatic rings. The largest absolute Gasteiger partial charge is 0.0683 e. The van der Waals surface area contributed by atoms with Crippen LogP contribution in [0, 0.1) is 23.7 Å². The second-order valence-corrected chi connectivity index (χ2v) is 5.17. The first kappa shape index (κ1) is 18.4. The zero-order valence-electron chi connectivity index (χ0n) is 13.1. The van der Waals surface area contributed by atoms with E-state index in [1.165, 1.54) is 25.7 Å². The van der Waals surface area contributed by atoms with Crippen molar-refractivity contribution in [3.63, 3.8) is 0 Å². The van der Waals surface area contributed by atoms with E-state index in [0.717, 1.165) is 23.7 Å². The molecule has 0 saturated heterocycles. The molecule has 1 aliphatic rings. The standard InChI is InChI=1S/C12H24.2C2H6/c1-9(2)11-6-5-7-12(8-11)10(3)4;2*1-2/h9-12H,5-8H2,1-4H3;2*1-2H3. The molecule has 0 aromatic heterocycles. The summed E-state index contributed by atoms with van der Waals surface area (Å²) in [5.41, 5.74) is 0. The Labute approximate surface area is 105 Å². The minimum atomic E-state index is 0.909. The summed E-state index contributed by atoms with van der Waals surface area (Å²) in [5, 5.41) is 0. The van der Waals surface area contributed by atoms with Gasteiger partial charge < -0.3 is 0 Å². The van der Waals surface area contributed by atoms with Crippen LogP contribution in [0.1, 0.15) is 81.1 Å². The van der Waals surface area contributed by atoms with Crippen molar-refractivity contribution >= 4 is 0 Å². The maximum Gasteiger partial charge on any atom is -0.0388 e. The van der Waals surface area contributed by atoms with Crippen LogP contribution in [0.3, 0.4) is 0 Å². The highest BCUT2D eigenvalue weighted by atomic mass is 14.3. The molecule has 2 unspecified atom stereocenters. The van der Waals surface area contributed by atoms with Crippen LogP contribution in [-0.4, -0.2) is 0 Å². The molecular weight excluding hydrogens is 192 g/mol. The second-order valence-electron chi connectivity index (χ2n) is 5.17. The molecular formula is C16H36. The molecule has 16 heavy (non-hydrogen) atoms. The van der Waals surface area contributed by atoms with Crippen LogP contribution >= 0.6 is 0 Å². The quantitative estimate of drug-likeness (QED) is 0.531. The van der Waals surface area contributed by atoms with Gasteiger partial charge in [-0.05, 0) is 30.1 Å². The summed E-state index contributed by atoms with van der Waals surface area (Å²) in [4.78, 5) is 0. The zero-order valence-corrected chi connectivity index (χ0v) is 13.1. The molecule has 1 rings (SSSR count). The highest BCUT2D eigenvalue weighted by Gasteiger charge is 2.25. The Hall–Kier alpha value is 0. The van der Waals surface area contributed by atoms with Crippen LogP contribution in [0.2, 0.25) is 0 Å². The smallest absolute Gasteiger partial charge is 0.0388 e. The average molecular weight is 228 g/mol. The molecule has 0 aliphatic heterocycles. The Morgan fingerprint density at radius 1 is 0.688 bits per heavy atom. The van der Waals surface area contributed by atoms with E-state index in [1.54, 1.807) is 0 Å². The fourth-order valence-electron chi connectivity index (χ4n) is 2.48. The third-order valence-corrected chi connectivity index (χ3v) is 3.64. The SMILES string of the molecule is CC.CC.CC(C)C1CCCC(C(C)C)C1. The van der Waals surface area contributed by atoms with Crippen molar-refractivity contribution in [2.75, 3.05) is 0 Å². The summed E-state index contributed by atoms with van der Waals surface area (Å²) in [5.74, 6) is 3.86. The van der Waals surface area contributed by atoms with Crippen LogP contribution in [0.25, 0.3) is 0 Å². The zero-order chi connectivity index (χ0) is 13.1. The predicted molar refractivity (Wildman–Crippen MR) is 77.8 cm³/mol. The number of rotatable bonds is 2. The second kappa shape index (κ2) is 11.5. The topological polar surface area (TPSA) is 0 Å². The van der Waals surface area contributed by atoms with E-state index in [2.05, 4.69) is 27.7 Å². The van der Waals surface area contributed by atoms with Crippen LogP contribution < -0.4 is 0 Å². The lowest BCUT2D eigenvalue weighted by atomic mass is 9.72. The monoisotopic (exact) mass is 228 g/mol. The predicted octanol–water partition coefficient (Wildman–Crippen LogP) is 6.16. The van der Waals surface area contributed by atoms with Gasteiger partial charge in [-0.2, -0.15) is 0 Å². The third-order valence-electron chi connectivity index (χ3n) is 3.64. The summed E-state index contributed by atoms with van der Waals surface area (Å²) >= 11 is 0. The first-order valence-corrected chi connectivity index (χ1v) is 7.61. The van der Waals surface area contributed by atoms with Gasteiger partial charge in [-0.15, -0.1) is 0 Å². The summed E-state index contributed by atoms with van der Waals surface area (Å²) in [6.07, 6.45) is 5.95. The van der Waals surface area contributed by atoms with Crippen LogP contribution in [-0.2, 0) is 0 Å². The lowest BCUT2D eigenvalue weighted by Crippen LogP contribution is -2.22.